The number of ether oxygens (including phenoxy) is 1. The number of amides is 1. The molecule has 0 atom stereocenters. The Labute approximate surface area is 199 Å². The van der Waals surface area contributed by atoms with Crippen LogP contribution in [0, 0.1) is 0 Å². The third-order valence-electron chi connectivity index (χ3n) is 5.55. The van der Waals surface area contributed by atoms with Crippen LogP contribution in [0.4, 0.5) is 0 Å². The van der Waals surface area contributed by atoms with Gasteiger partial charge in [-0.05, 0) is 42.9 Å². The largest absolute Gasteiger partial charge is 0.496 e. The number of nitrogens with one attached hydrogen (secondary N) is 1. The van der Waals surface area contributed by atoms with Crippen LogP contribution in [0.2, 0.25) is 5.02 Å². The molecule has 2 aromatic carbocycles. The quantitative estimate of drug-likeness (QED) is 0.539. The summed E-state index contributed by atoms with van der Waals surface area (Å²) < 4.78 is 32.3. The average Bonchev–Trinajstić information content (AvgIpc) is 2.81. The number of methoxy groups -OCH3 is 1. The van der Waals surface area contributed by atoms with Gasteiger partial charge in [0.25, 0.3) is 0 Å². The van der Waals surface area contributed by atoms with Gasteiger partial charge in [-0.15, -0.1) is 0 Å². The molecular formula is C23H28ClN3O5S. The topological polar surface area (TPSA) is 96.0 Å². The molecule has 0 unspecified atom stereocenters. The molecule has 0 aliphatic carbocycles. The maximum absolute atomic E-state index is 12.8. The molecule has 0 bridgehead atoms. The summed E-state index contributed by atoms with van der Waals surface area (Å²) >= 11 is 5.96. The number of carbonyl (C=O) groups is 2. The van der Waals surface area contributed by atoms with Crippen LogP contribution in [0.5, 0.6) is 5.75 Å². The molecule has 1 saturated heterocycles. The number of hydrogen-bond acceptors (Lipinski definition) is 6. The average molecular weight is 494 g/mol. The smallest absolute Gasteiger partial charge is 0.243 e. The predicted molar refractivity (Wildman–Crippen MR) is 126 cm³/mol. The van der Waals surface area contributed by atoms with Crippen LogP contribution in [-0.4, -0.2) is 69.6 Å². The lowest BCUT2D eigenvalue weighted by Gasteiger charge is -2.31. The molecule has 1 N–H and O–H groups in total. The number of rotatable bonds is 9. The van der Waals surface area contributed by atoms with Crippen molar-refractivity contribution in [2.75, 3.05) is 40.3 Å². The van der Waals surface area contributed by atoms with Crippen molar-refractivity contribution in [3.05, 3.63) is 58.6 Å². The number of carbonyl (C=O) groups excluding carboxylic acids is 2. The minimum atomic E-state index is -3.52. The summed E-state index contributed by atoms with van der Waals surface area (Å²) in [6, 6.07) is 11.3. The second-order valence-corrected chi connectivity index (χ2v) is 10.3. The van der Waals surface area contributed by atoms with Crippen LogP contribution in [-0.2, 0) is 21.4 Å². The molecule has 3 rings (SSSR count). The molecule has 33 heavy (non-hydrogen) atoms. The van der Waals surface area contributed by atoms with Crippen molar-refractivity contribution in [3.8, 4) is 5.75 Å². The Balaban J connectivity index is 1.50. The molecule has 0 spiro atoms. The normalized spacial score (nSPS) is 15.2. The van der Waals surface area contributed by atoms with E-state index in [0.717, 1.165) is 5.56 Å². The first-order valence-electron chi connectivity index (χ1n) is 10.6. The van der Waals surface area contributed by atoms with Gasteiger partial charge < -0.3 is 15.0 Å². The first-order chi connectivity index (χ1) is 15.7. The number of sulfonamides is 1. The van der Waals surface area contributed by atoms with Gasteiger partial charge in [0.05, 0.1) is 17.6 Å². The summed E-state index contributed by atoms with van der Waals surface area (Å²) in [5.74, 6) is -0.0992. The number of likely N-dealkylation sites (N-methyl/N-ethyl adjacent to an activating group) is 1. The Morgan fingerprint density at radius 2 is 1.70 bits per heavy atom. The van der Waals surface area contributed by atoms with Gasteiger partial charge in [-0.2, -0.15) is 4.31 Å². The molecule has 10 heteroatoms. The molecule has 1 fully saturated rings. The predicted octanol–water partition coefficient (Wildman–Crippen LogP) is 2.56. The molecule has 1 aliphatic rings. The van der Waals surface area contributed by atoms with Gasteiger partial charge in [0.2, 0.25) is 15.9 Å². The minimum absolute atomic E-state index is 0.0182. The van der Waals surface area contributed by atoms with E-state index in [1.54, 1.807) is 36.4 Å². The molecule has 178 valence electrons. The van der Waals surface area contributed by atoms with E-state index in [1.807, 2.05) is 7.05 Å². The van der Waals surface area contributed by atoms with E-state index in [1.165, 1.54) is 17.5 Å². The van der Waals surface area contributed by atoms with E-state index in [-0.39, 0.29) is 36.0 Å². The molecular weight excluding hydrogens is 466 g/mol. The van der Waals surface area contributed by atoms with Gasteiger partial charge in [-0.3, -0.25) is 9.59 Å². The van der Waals surface area contributed by atoms with Crippen LogP contribution >= 0.6 is 11.6 Å². The third-order valence-corrected chi connectivity index (χ3v) is 7.70. The lowest BCUT2D eigenvalue weighted by Crippen LogP contribution is -2.47. The number of benzene rings is 2. The molecule has 1 aliphatic heterocycles. The number of ketones is 1. The van der Waals surface area contributed by atoms with Crippen molar-refractivity contribution >= 4 is 33.3 Å². The van der Waals surface area contributed by atoms with Gasteiger partial charge >= 0.3 is 0 Å². The van der Waals surface area contributed by atoms with E-state index in [4.69, 9.17) is 16.3 Å². The zero-order chi connectivity index (χ0) is 24.0. The Bertz CT molecular complexity index is 1100. The van der Waals surface area contributed by atoms with Gasteiger partial charge in [0.15, 0.2) is 5.78 Å². The fourth-order valence-corrected chi connectivity index (χ4v) is 5.10. The highest BCUT2D eigenvalue weighted by atomic mass is 35.5. The monoisotopic (exact) mass is 493 g/mol. The van der Waals surface area contributed by atoms with Gasteiger partial charge in [-0.1, -0.05) is 23.7 Å². The number of nitrogens with zero attached hydrogens (tertiary/aromatic N) is 2. The van der Waals surface area contributed by atoms with Crippen LogP contribution in [0.1, 0.15) is 28.8 Å². The fourth-order valence-electron chi connectivity index (χ4n) is 3.51. The molecule has 8 nitrogen and oxygen atoms in total. The van der Waals surface area contributed by atoms with Crippen molar-refractivity contribution in [1.82, 2.24) is 14.5 Å². The Morgan fingerprint density at radius 3 is 2.33 bits per heavy atom. The zero-order valence-electron chi connectivity index (χ0n) is 18.7. The molecule has 0 radical (unpaired) electrons. The third kappa shape index (κ3) is 6.54. The maximum atomic E-state index is 12.8. The molecule has 2 aromatic rings. The van der Waals surface area contributed by atoms with Gasteiger partial charge in [0.1, 0.15) is 5.75 Å². The van der Waals surface area contributed by atoms with Crippen LogP contribution in [0.3, 0.4) is 0 Å². The van der Waals surface area contributed by atoms with E-state index >= 15 is 0 Å². The van der Waals surface area contributed by atoms with Crippen LogP contribution < -0.4 is 10.1 Å². The van der Waals surface area contributed by atoms with Crippen LogP contribution in [0.25, 0.3) is 0 Å². The maximum Gasteiger partial charge on any atom is 0.243 e. The van der Waals surface area contributed by atoms with Crippen molar-refractivity contribution in [3.63, 3.8) is 0 Å². The standard InChI is InChI=1S/C23H28ClN3O5S/c1-26-11-13-27(14-12-26)33(30,31)19-6-3-17(4-7-19)16-25-23(29)10-8-21(28)20-15-18(24)5-9-22(20)32-2/h3-7,9,15H,8,10-14,16H2,1-2H3,(H,25,29). The molecule has 0 aromatic heterocycles. The summed E-state index contributed by atoms with van der Waals surface area (Å²) in [5, 5.41) is 3.18. The van der Waals surface area contributed by atoms with Crippen molar-refractivity contribution in [2.45, 2.75) is 24.3 Å². The molecule has 1 amide bonds. The summed E-state index contributed by atoms with van der Waals surface area (Å²) in [6.45, 7) is 2.58. The van der Waals surface area contributed by atoms with E-state index in [2.05, 4.69) is 10.2 Å². The summed E-state index contributed by atoms with van der Waals surface area (Å²) in [6.07, 6.45) is 0.0368. The number of Topliss-reactive ketones (excluding diaryl/α,β-unsaturated/α-hetero) is 1. The van der Waals surface area contributed by atoms with Crippen LogP contribution in [0.15, 0.2) is 47.4 Å². The van der Waals surface area contributed by atoms with Gasteiger partial charge in [0, 0.05) is 50.6 Å². The number of halogens is 1. The number of piperazine rings is 1. The highest BCUT2D eigenvalue weighted by Gasteiger charge is 2.27. The Morgan fingerprint density at radius 1 is 1.03 bits per heavy atom. The SMILES string of the molecule is COc1ccc(Cl)cc1C(=O)CCC(=O)NCc1ccc(S(=O)(=O)N2CCN(C)CC2)cc1. The second-order valence-electron chi connectivity index (χ2n) is 7.90. The highest BCUT2D eigenvalue weighted by Crippen LogP contribution is 2.24. The summed E-state index contributed by atoms with van der Waals surface area (Å²) in [7, 11) is -0.0887. The number of hydrogen-bond donors (Lipinski definition) is 1. The van der Waals surface area contributed by atoms with E-state index in [9.17, 15) is 18.0 Å². The van der Waals surface area contributed by atoms with E-state index in [0.29, 0.717) is 42.5 Å². The van der Waals surface area contributed by atoms with Crippen molar-refractivity contribution in [1.29, 1.82) is 0 Å². The minimum Gasteiger partial charge on any atom is -0.496 e. The first kappa shape index (κ1) is 25.2. The lowest BCUT2D eigenvalue weighted by atomic mass is 10.1. The zero-order valence-corrected chi connectivity index (χ0v) is 20.3. The first-order valence-corrected chi connectivity index (χ1v) is 12.4. The summed E-state index contributed by atoms with van der Waals surface area (Å²) in [4.78, 5) is 27.0. The second kappa shape index (κ2) is 11.1. The summed E-state index contributed by atoms with van der Waals surface area (Å²) in [5.41, 5.74) is 1.11. The lowest BCUT2D eigenvalue weighted by molar-refractivity contribution is -0.121. The van der Waals surface area contributed by atoms with Crippen molar-refractivity contribution < 1.29 is 22.7 Å². The van der Waals surface area contributed by atoms with E-state index < -0.39 is 10.0 Å². The van der Waals surface area contributed by atoms with Gasteiger partial charge in [-0.25, -0.2) is 8.42 Å². The fraction of sp³-hybridized carbons (Fsp3) is 0.391. The molecule has 1 heterocycles. The molecule has 0 saturated carbocycles. The van der Waals surface area contributed by atoms with Crippen molar-refractivity contribution in [2.24, 2.45) is 0 Å². The Hall–Kier alpha value is -2.46. The Kier molecular flexibility index (Phi) is 8.47. The highest BCUT2D eigenvalue weighted by molar-refractivity contribution is 7.89.